The number of nitrogens with zero attached hydrogens (tertiary/aromatic N) is 2. The fraction of sp³-hybridized carbons (Fsp3) is 0.286. The number of hydrogen-bond acceptors (Lipinski definition) is 3. The minimum absolute atomic E-state index is 0.556. The van der Waals surface area contributed by atoms with E-state index in [4.69, 9.17) is 23.2 Å². The van der Waals surface area contributed by atoms with Crippen LogP contribution in [0.3, 0.4) is 0 Å². The molecule has 0 fully saturated rings. The smallest absolute Gasteiger partial charge is 0.163 e. The zero-order chi connectivity index (χ0) is 14.0. The Morgan fingerprint density at radius 3 is 2.53 bits per heavy atom. The van der Waals surface area contributed by atoms with Gasteiger partial charge >= 0.3 is 0 Å². The van der Waals surface area contributed by atoms with Crippen LogP contribution in [0.5, 0.6) is 0 Å². The molecule has 19 heavy (non-hydrogen) atoms. The monoisotopic (exact) mass is 295 g/mol. The Morgan fingerprint density at radius 1 is 1.21 bits per heavy atom. The second-order valence-corrected chi connectivity index (χ2v) is 5.04. The lowest BCUT2D eigenvalue weighted by atomic mass is 10.1. The summed E-state index contributed by atoms with van der Waals surface area (Å²) in [5.74, 6) is 1.45. The van der Waals surface area contributed by atoms with Crippen LogP contribution in [0.1, 0.15) is 18.2 Å². The van der Waals surface area contributed by atoms with E-state index in [0.717, 1.165) is 29.1 Å². The largest absolute Gasteiger partial charge is 0.373 e. The summed E-state index contributed by atoms with van der Waals surface area (Å²) in [5, 5.41) is 4.25. The summed E-state index contributed by atoms with van der Waals surface area (Å²) in [6, 6.07) is 5.33. The Bertz CT molecular complexity index is 587. The molecule has 0 saturated heterocycles. The average Bonchev–Trinajstić information content (AvgIpc) is 2.39. The third kappa shape index (κ3) is 2.82. The molecule has 0 atom stereocenters. The lowest BCUT2D eigenvalue weighted by molar-refractivity contribution is 0.977. The number of rotatable bonds is 3. The van der Waals surface area contributed by atoms with Gasteiger partial charge in [-0.3, -0.25) is 0 Å². The summed E-state index contributed by atoms with van der Waals surface area (Å²) in [4.78, 5) is 9.09. The molecule has 1 N–H and O–H groups in total. The predicted molar refractivity (Wildman–Crippen MR) is 81.1 cm³/mol. The van der Waals surface area contributed by atoms with Crippen LogP contribution in [-0.4, -0.2) is 17.0 Å². The number of aromatic nitrogens is 2. The van der Waals surface area contributed by atoms with Gasteiger partial charge in [-0.2, -0.15) is 0 Å². The molecular formula is C14H15Cl2N3. The third-order valence-corrected chi connectivity index (χ3v) is 3.54. The zero-order valence-corrected chi connectivity index (χ0v) is 12.6. The van der Waals surface area contributed by atoms with Gasteiger partial charge in [-0.25, -0.2) is 9.97 Å². The molecule has 3 nitrogen and oxygen atoms in total. The number of nitrogens with one attached hydrogen (secondary N) is 1. The molecule has 2 rings (SSSR count). The van der Waals surface area contributed by atoms with E-state index in [-0.39, 0.29) is 0 Å². The maximum absolute atomic E-state index is 6.21. The Balaban J connectivity index is 2.62. The van der Waals surface area contributed by atoms with Gasteiger partial charge in [0.25, 0.3) is 0 Å². The highest BCUT2D eigenvalue weighted by Gasteiger charge is 2.12. The standard InChI is InChI=1S/C14H15Cl2N3/c1-4-12-8(2)13(17-3)19-14(18-12)10-6-5-9(15)7-11(10)16/h5-7H,4H2,1-3H3,(H,17,18,19). The molecule has 0 spiro atoms. The molecule has 5 heteroatoms. The van der Waals surface area contributed by atoms with Gasteiger partial charge in [-0.1, -0.05) is 30.1 Å². The number of aryl methyl sites for hydroxylation is 1. The number of benzene rings is 1. The van der Waals surface area contributed by atoms with Gasteiger partial charge in [0, 0.05) is 28.9 Å². The van der Waals surface area contributed by atoms with Crippen LogP contribution in [0.2, 0.25) is 10.0 Å². The summed E-state index contributed by atoms with van der Waals surface area (Å²) >= 11 is 12.1. The molecule has 0 aliphatic carbocycles. The predicted octanol–water partition coefficient (Wildman–Crippen LogP) is 4.36. The van der Waals surface area contributed by atoms with Gasteiger partial charge in [0.2, 0.25) is 0 Å². The van der Waals surface area contributed by atoms with Crippen molar-refractivity contribution in [2.75, 3.05) is 12.4 Å². The van der Waals surface area contributed by atoms with Crippen molar-refractivity contribution in [1.82, 2.24) is 9.97 Å². The normalized spacial score (nSPS) is 10.6. The van der Waals surface area contributed by atoms with Crippen LogP contribution in [0.4, 0.5) is 5.82 Å². The minimum atomic E-state index is 0.556. The fourth-order valence-corrected chi connectivity index (χ4v) is 2.44. The average molecular weight is 296 g/mol. The molecular weight excluding hydrogens is 281 g/mol. The SMILES string of the molecule is CCc1nc(-c2ccc(Cl)cc2Cl)nc(NC)c1C. The lowest BCUT2D eigenvalue weighted by Crippen LogP contribution is -2.04. The first-order valence-electron chi connectivity index (χ1n) is 6.07. The maximum atomic E-state index is 6.21. The van der Waals surface area contributed by atoms with Crippen molar-refractivity contribution in [2.24, 2.45) is 0 Å². The summed E-state index contributed by atoms with van der Waals surface area (Å²) in [7, 11) is 1.85. The molecule has 0 saturated carbocycles. The summed E-state index contributed by atoms with van der Waals surface area (Å²) < 4.78 is 0. The van der Waals surface area contributed by atoms with Crippen LogP contribution in [-0.2, 0) is 6.42 Å². The molecule has 100 valence electrons. The summed E-state index contributed by atoms with van der Waals surface area (Å²) in [6.45, 7) is 4.08. The van der Waals surface area contributed by atoms with E-state index in [0.29, 0.717) is 15.9 Å². The van der Waals surface area contributed by atoms with E-state index in [1.54, 1.807) is 12.1 Å². The van der Waals surface area contributed by atoms with Crippen LogP contribution >= 0.6 is 23.2 Å². The van der Waals surface area contributed by atoms with E-state index in [2.05, 4.69) is 22.2 Å². The van der Waals surface area contributed by atoms with Gasteiger partial charge in [0.1, 0.15) is 5.82 Å². The molecule has 0 bridgehead atoms. The topological polar surface area (TPSA) is 37.8 Å². The number of hydrogen-bond donors (Lipinski definition) is 1. The van der Waals surface area contributed by atoms with Crippen molar-refractivity contribution in [1.29, 1.82) is 0 Å². The molecule has 1 aromatic heterocycles. The van der Waals surface area contributed by atoms with Gasteiger partial charge in [0.15, 0.2) is 5.82 Å². The molecule has 0 aliphatic rings. The molecule has 0 radical (unpaired) electrons. The zero-order valence-electron chi connectivity index (χ0n) is 11.1. The molecule has 2 aromatic rings. The van der Waals surface area contributed by atoms with E-state index in [1.807, 2.05) is 20.0 Å². The van der Waals surface area contributed by atoms with E-state index in [1.165, 1.54) is 0 Å². The van der Waals surface area contributed by atoms with Crippen LogP contribution < -0.4 is 5.32 Å². The highest BCUT2D eigenvalue weighted by Crippen LogP contribution is 2.30. The van der Waals surface area contributed by atoms with Crippen molar-refractivity contribution >= 4 is 29.0 Å². The minimum Gasteiger partial charge on any atom is -0.373 e. The lowest BCUT2D eigenvalue weighted by Gasteiger charge is -2.12. The van der Waals surface area contributed by atoms with Gasteiger partial charge in [0.05, 0.1) is 5.02 Å². The summed E-state index contributed by atoms with van der Waals surface area (Å²) in [6.07, 6.45) is 0.848. The summed E-state index contributed by atoms with van der Waals surface area (Å²) in [5.41, 5.74) is 2.87. The van der Waals surface area contributed by atoms with Crippen LogP contribution in [0.25, 0.3) is 11.4 Å². The molecule has 0 unspecified atom stereocenters. The van der Waals surface area contributed by atoms with Gasteiger partial charge in [-0.05, 0) is 31.5 Å². The second-order valence-electron chi connectivity index (χ2n) is 4.20. The first-order valence-corrected chi connectivity index (χ1v) is 6.83. The van der Waals surface area contributed by atoms with Crippen molar-refractivity contribution in [2.45, 2.75) is 20.3 Å². The van der Waals surface area contributed by atoms with Gasteiger partial charge in [-0.15, -0.1) is 0 Å². The molecule has 1 heterocycles. The van der Waals surface area contributed by atoms with Crippen molar-refractivity contribution in [3.05, 3.63) is 39.5 Å². The highest BCUT2D eigenvalue weighted by atomic mass is 35.5. The molecule has 1 aromatic carbocycles. The van der Waals surface area contributed by atoms with Crippen molar-refractivity contribution in [3.8, 4) is 11.4 Å². The van der Waals surface area contributed by atoms with Crippen LogP contribution in [0.15, 0.2) is 18.2 Å². The quantitative estimate of drug-likeness (QED) is 0.914. The first-order chi connectivity index (χ1) is 9.06. The van der Waals surface area contributed by atoms with Crippen molar-refractivity contribution in [3.63, 3.8) is 0 Å². The Hall–Kier alpha value is -1.32. The first kappa shape index (κ1) is 14.1. The highest BCUT2D eigenvalue weighted by molar-refractivity contribution is 6.36. The van der Waals surface area contributed by atoms with Crippen molar-refractivity contribution < 1.29 is 0 Å². The maximum Gasteiger partial charge on any atom is 0.163 e. The third-order valence-electron chi connectivity index (χ3n) is 2.99. The van der Waals surface area contributed by atoms with Gasteiger partial charge < -0.3 is 5.32 Å². The fourth-order valence-electron chi connectivity index (χ4n) is 1.94. The second kappa shape index (κ2) is 5.76. The van der Waals surface area contributed by atoms with E-state index < -0.39 is 0 Å². The van der Waals surface area contributed by atoms with E-state index >= 15 is 0 Å². The number of anilines is 1. The Kier molecular flexibility index (Phi) is 4.27. The van der Waals surface area contributed by atoms with E-state index in [9.17, 15) is 0 Å². The Labute approximate surface area is 123 Å². The van der Waals surface area contributed by atoms with Crippen LogP contribution in [0, 0.1) is 6.92 Å². The molecule has 0 amide bonds. The Morgan fingerprint density at radius 2 is 1.95 bits per heavy atom. The molecule has 0 aliphatic heterocycles. The number of halogens is 2.